The molecule has 3 nitrogen and oxygen atoms in total. The van der Waals surface area contributed by atoms with Crippen LogP contribution in [0, 0.1) is 6.92 Å². The molecule has 0 radical (unpaired) electrons. The van der Waals surface area contributed by atoms with Crippen molar-refractivity contribution in [3.63, 3.8) is 0 Å². The Balaban J connectivity index is 2.45. The summed E-state index contributed by atoms with van der Waals surface area (Å²) in [5, 5.41) is 3.74. The molecule has 0 aliphatic heterocycles. The molecular weight excluding hydrogens is 160 g/mol. The van der Waals surface area contributed by atoms with Crippen LogP contribution < -0.4 is 5.32 Å². The molecule has 60 valence electrons. The minimum absolute atomic E-state index is 0.00365. The third kappa shape index (κ3) is 2.67. The van der Waals surface area contributed by atoms with E-state index in [0.29, 0.717) is 6.54 Å². The van der Waals surface area contributed by atoms with Crippen molar-refractivity contribution < 1.29 is 4.79 Å². The Labute approximate surface area is 69.5 Å². The number of hydrogen-bond acceptors (Lipinski definition) is 3. The Kier molecular flexibility index (Phi) is 2.59. The zero-order valence-corrected chi connectivity index (χ0v) is 7.36. The number of amides is 1. The second-order valence-electron chi connectivity index (χ2n) is 2.26. The van der Waals surface area contributed by atoms with E-state index in [2.05, 4.69) is 10.3 Å². The zero-order chi connectivity index (χ0) is 8.27. The fourth-order valence-corrected chi connectivity index (χ4v) is 1.43. The van der Waals surface area contributed by atoms with Crippen molar-refractivity contribution in [2.75, 3.05) is 0 Å². The van der Waals surface area contributed by atoms with E-state index in [1.807, 2.05) is 6.92 Å². The molecule has 1 rings (SSSR count). The molecule has 0 saturated heterocycles. The summed E-state index contributed by atoms with van der Waals surface area (Å²) in [6.07, 6.45) is 1.79. The molecule has 1 heterocycles. The van der Waals surface area contributed by atoms with Crippen LogP contribution in [0.2, 0.25) is 0 Å². The molecule has 0 spiro atoms. The van der Waals surface area contributed by atoms with Crippen molar-refractivity contribution in [1.29, 1.82) is 0 Å². The second-order valence-corrected chi connectivity index (χ2v) is 3.57. The predicted octanol–water partition coefficient (Wildman–Crippen LogP) is 1.09. The van der Waals surface area contributed by atoms with Gasteiger partial charge in [-0.2, -0.15) is 0 Å². The van der Waals surface area contributed by atoms with Crippen molar-refractivity contribution in [3.05, 3.63) is 16.1 Å². The standard InChI is InChI=1S/C7H10N2OS/c1-5(10)8-3-7-4-9-6(2)11-7/h4H,3H2,1-2H3,(H,8,10). The summed E-state index contributed by atoms with van der Waals surface area (Å²) >= 11 is 1.60. The lowest BCUT2D eigenvalue weighted by atomic mass is 10.5. The number of nitrogens with one attached hydrogen (secondary N) is 1. The SMILES string of the molecule is CC(=O)NCc1cnc(C)s1. The minimum atomic E-state index is -0.00365. The van der Waals surface area contributed by atoms with E-state index in [1.165, 1.54) is 6.92 Å². The van der Waals surface area contributed by atoms with Gasteiger partial charge in [0.15, 0.2) is 0 Å². The van der Waals surface area contributed by atoms with Crippen molar-refractivity contribution in [1.82, 2.24) is 10.3 Å². The topological polar surface area (TPSA) is 42.0 Å². The van der Waals surface area contributed by atoms with E-state index in [9.17, 15) is 4.79 Å². The van der Waals surface area contributed by atoms with Crippen molar-refractivity contribution >= 4 is 17.2 Å². The molecule has 0 aromatic carbocycles. The highest BCUT2D eigenvalue weighted by Gasteiger charge is 1.97. The quantitative estimate of drug-likeness (QED) is 0.721. The van der Waals surface area contributed by atoms with Gasteiger partial charge >= 0.3 is 0 Å². The molecule has 0 bridgehead atoms. The molecule has 0 aliphatic carbocycles. The summed E-state index contributed by atoms with van der Waals surface area (Å²) in [5.41, 5.74) is 0. The molecule has 4 heteroatoms. The van der Waals surface area contributed by atoms with E-state index >= 15 is 0 Å². The summed E-state index contributed by atoms with van der Waals surface area (Å²) in [6, 6.07) is 0. The van der Waals surface area contributed by atoms with Gasteiger partial charge in [0.25, 0.3) is 0 Å². The third-order valence-electron chi connectivity index (χ3n) is 1.18. The molecule has 0 aliphatic rings. The molecule has 1 aromatic heterocycles. The van der Waals surface area contributed by atoms with Crippen LogP contribution in [0.15, 0.2) is 6.20 Å². The van der Waals surface area contributed by atoms with Gasteiger partial charge in [-0.1, -0.05) is 0 Å². The molecule has 0 unspecified atom stereocenters. The number of aryl methyl sites for hydroxylation is 1. The summed E-state index contributed by atoms with van der Waals surface area (Å²) in [4.78, 5) is 15.7. The van der Waals surface area contributed by atoms with Gasteiger partial charge < -0.3 is 5.32 Å². The van der Waals surface area contributed by atoms with Gasteiger partial charge in [-0.25, -0.2) is 4.98 Å². The fourth-order valence-electron chi connectivity index (χ4n) is 0.699. The maximum atomic E-state index is 10.5. The third-order valence-corrected chi connectivity index (χ3v) is 2.09. The average Bonchev–Trinajstić information content (AvgIpc) is 2.31. The monoisotopic (exact) mass is 170 g/mol. The van der Waals surface area contributed by atoms with Crippen molar-refractivity contribution in [2.24, 2.45) is 0 Å². The Hall–Kier alpha value is -0.900. The van der Waals surface area contributed by atoms with Crippen LogP contribution in [0.1, 0.15) is 16.8 Å². The van der Waals surface area contributed by atoms with Crippen molar-refractivity contribution in [3.8, 4) is 0 Å². The van der Waals surface area contributed by atoms with Gasteiger partial charge in [0.05, 0.1) is 11.6 Å². The van der Waals surface area contributed by atoms with E-state index in [0.717, 1.165) is 9.88 Å². The van der Waals surface area contributed by atoms with E-state index in [-0.39, 0.29) is 5.91 Å². The number of hydrogen-bond donors (Lipinski definition) is 1. The minimum Gasteiger partial charge on any atom is -0.351 e. The van der Waals surface area contributed by atoms with Crippen molar-refractivity contribution in [2.45, 2.75) is 20.4 Å². The Morgan fingerprint density at radius 2 is 2.55 bits per heavy atom. The van der Waals surface area contributed by atoms with Gasteiger partial charge in [-0.15, -0.1) is 11.3 Å². The number of nitrogens with zero attached hydrogens (tertiary/aromatic N) is 1. The molecule has 0 fully saturated rings. The Bertz CT molecular complexity index is 257. The van der Waals surface area contributed by atoms with E-state index in [1.54, 1.807) is 17.5 Å². The second kappa shape index (κ2) is 3.48. The van der Waals surface area contributed by atoms with Crippen LogP contribution in [0.25, 0.3) is 0 Å². The van der Waals surface area contributed by atoms with Gasteiger partial charge in [0.2, 0.25) is 5.91 Å². The molecule has 1 amide bonds. The zero-order valence-electron chi connectivity index (χ0n) is 6.55. The molecule has 11 heavy (non-hydrogen) atoms. The molecular formula is C7H10N2OS. The maximum absolute atomic E-state index is 10.5. The first kappa shape index (κ1) is 8.20. The van der Waals surface area contributed by atoms with Crippen LogP contribution in [0.3, 0.4) is 0 Å². The number of aromatic nitrogens is 1. The smallest absolute Gasteiger partial charge is 0.217 e. The molecule has 1 aromatic rings. The highest BCUT2D eigenvalue weighted by atomic mass is 32.1. The van der Waals surface area contributed by atoms with Crippen LogP contribution >= 0.6 is 11.3 Å². The first-order valence-corrected chi connectivity index (χ1v) is 4.16. The van der Waals surface area contributed by atoms with E-state index in [4.69, 9.17) is 0 Å². The maximum Gasteiger partial charge on any atom is 0.217 e. The lowest BCUT2D eigenvalue weighted by Crippen LogP contribution is -2.18. The molecule has 0 atom stereocenters. The highest BCUT2D eigenvalue weighted by molar-refractivity contribution is 7.11. The van der Waals surface area contributed by atoms with Gasteiger partial charge in [-0.05, 0) is 6.92 Å². The van der Waals surface area contributed by atoms with Crippen LogP contribution in [-0.4, -0.2) is 10.9 Å². The van der Waals surface area contributed by atoms with Gasteiger partial charge in [0, 0.05) is 18.0 Å². The number of rotatable bonds is 2. The Morgan fingerprint density at radius 3 is 3.00 bits per heavy atom. The first-order chi connectivity index (χ1) is 5.18. The first-order valence-electron chi connectivity index (χ1n) is 3.34. The van der Waals surface area contributed by atoms with Gasteiger partial charge in [0.1, 0.15) is 0 Å². The normalized spacial score (nSPS) is 9.64. The van der Waals surface area contributed by atoms with Gasteiger partial charge in [-0.3, -0.25) is 4.79 Å². The number of thiazole rings is 1. The summed E-state index contributed by atoms with van der Waals surface area (Å²) in [5.74, 6) is -0.00365. The van der Waals surface area contributed by atoms with Crippen LogP contribution in [0.5, 0.6) is 0 Å². The Morgan fingerprint density at radius 1 is 1.82 bits per heavy atom. The summed E-state index contributed by atoms with van der Waals surface area (Å²) in [6.45, 7) is 4.05. The fraction of sp³-hybridized carbons (Fsp3) is 0.429. The average molecular weight is 170 g/mol. The van der Waals surface area contributed by atoms with E-state index < -0.39 is 0 Å². The van der Waals surface area contributed by atoms with Crippen LogP contribution in [0.4, 0.5) is 0 Å². The van der Waals surface area contributed by atoms with Crippen LogP contribution in [-0.2, 0) is 11.3 Å². The number of carbonyl (C=O) groups is 1. The molecule has 0 saturated carbocycles. The summed E-state index contributed by atoms with van der Waals surface area (Å²) in [7, 11) is 0. The lowest BCUT2D eigenvalue weighted by Gasteiger charge is -1.95. The lowest BCUT2D eigenvalue weighted by molar-refractivity contribution is -0.119. The highest BCUT2D eigenvalue weighted by Crippen LogP contribution is 2.10. The number of carbonyl (C=O) groups excluding carboxylic acids is 1. The molecule has 1 N–H and O–H groups in total. The summed E-state index contributed by atoms with van der Waals surface area (Å²) < 4.78 is 0. The predicted molar refractivity (Wildman–Crippen MR) is 44.4 cm³/mol. The largest absolute Gasteiger partial charge is 0.351 e.